The zero-order chi connectivity index (χ0) is 16.1. The van der Waals surface area contributed by atoms with Gasteiger partial charge in [-0.3, -0.25) is 0 Å². The molecular weight excluding hydrogens is 360 g/mol. The van der Waals surface area contributed by atoms with Crippen LogP contribution in [-0.2, 0) is 0 Å². The molecule has 1 aromatic carbocycles. The molecule has 2 amide bonds. The number of benzene rings is 1. The fourth-order valence-electron chi connectivity index (χ4n) is 2.41. The highest BCUT2D eigenvalue weighted by Gasteiger charge is 2.19. The Bertz CT molecular complexity index is 693. The van der Waals surface area contributed by atoms with E-state index in [4.69, 9.17) is 4.42 Å². The highest BCUT2D eigenvalue weighted by Crippen LogP contribution is 2.31. The molecule has 0 saturated carbocycles. The van der Waals surface area contributed by atoms with Crippen LogP contribution in [0.4, 0.5) is 16.4 Å². The van der Waals surface area contributed by atoms with E-state index in [1.807, 2.05) is 24.3 Å². The van der Waals surface area contributed by atoms with Gasteiger partial charge in [0.1, 0.15) is 0 Å². The number of hydrogen-bond acceptors (Lipinski definition) is 4. The van der Waals surface area contributed by atoms with Gasteiger partial charge in [-0.2, -0.15) is 5.10 Å². The third-order valence-electron chi connectivity index (χ3n) is 3.47. The van der Waals surface area contributed by atoms with Gasteiger partial charge >= 0.3 is 6.03 Å². The Balaban J connectivity index is 1.55. The Labute approximate surface area is 142 Å². The number of hydrogen-bond donors (Lipinski definition) is 2. The highest BCUT2D eigenvalue weighted by molar-refractivity contribution is 9.10. The molecule has 7 heteroatoms. The summed E-state index contributed by atoms with van der Waals surface area (Å²) in [7, 11) is 0. The molecule has 2 N–H and O–H groups in total. The van der Waals surface area contributed by atoms with Crippen molar-refractivity contribution in [3.8, 4) is 0 Å². The zero-order valence-corrected chi connectivity index (χ0v) is 14.0. The van der Waals surface area contributed by atoms with Crippen molar-refractivity contribution in [2.24, 2.45) is 5.10 Å². The number of anilines is 2. The number of carbonyl (C=O) groups is 1. The van der Waals surface area contributed by atoms with E-state index >= 15 is 0 Å². The van der Waals surface area contributed by atoms with Crippen LogP contribution in [-0.4, -0.2) is 25.3 Å². The lowest BCUT2D eigenvalue weighted by molar-refractivity contribution is 0.252. The number of furan rings is 1. The number of halogens is 1. The first-order chi connectivity index (χ1) is 11.2. The van der Waals surface area contributed by atoms with Crippen molar-refractivity contribution in [2.75, 3.05) is 23.3 Å². The Hall–Kier alpha value is -2.28. The maximum atomic E-state index is 11.7. The second kappa shape index (κ2) is 7.32. The molecule has 23 heavy (non-hydrogen) atoms. The van der Waals surface area contributed by atoms with Crippen molar-refractivity contribution < 1.29 is 9.21 Å². The number of amides is 2. The maximum Gasteiger partial charge on any atom is 0.339 e. The Morgan fingerprint density at radius 2 is 2.00 bits per heavy atom. The van der Waals surface area contributed by atoms with E-state index in [-0.39, 0.29) is 0 Å². The van der Waals surface area contributed by atoms with Crippen molar-refractivity contribution in [3.05, 3.63) is 46.6 Å². The van der Waals surface area contributed by atoms with Crippen LogP contribution >= 0.6 is 15.9 Å². The maximum absolute atomic E-state index is 11.7. The van der Waals surface area contributed by atoms with Gasteiger partial charge in [0.2, 0.25) is 5.88 Å². The van der Waals surface area contributed by atoms with Gasteiger partial charge in [-0.25, -0.2) is 10.2 Å². The van der Waals surface area contributed by atoms with Gasteiger partial charge in [0.15, 0.2) is 5.76 Å². The molecule has 1 aliphatic rings. The summed E-state index contributed by atoms with van der Waals surface area (Å²) in [5, 5.41) is 6.58. The molecule has 0 aliphatic carbocycles. The summed E-state index contributed by atoms with van der Waals surface area (Å²) in [6.45, 7) is 2.00. The molecule has 2 aromatic rings. The SMILES string of the molecule is O=C(N/N=C/c1cc(Br)c(N2CCCC2)o1)Nc1ccccc1. The number of hydrazone groups is 1. The topological polar surface area (TPSA) is 69.9 Å². The van der Waals surface area contributed by atoms with Gasteiger partial charge in [0.25, 0.3) is 0 Å². The third-order valence-corrected chi connectivity index (χ3v) is 4.04. The molecule has 1 aromatic heterocycles. The number of urea groups is 1. The predicted molar refractivity (Wildman–Crippen MR) is 94.0 cm³/mol. The van der Waals surface area contributed by atoms with Crippen LogP contribution < -0.4 is 15.6 Å². The summed E-state index contributed by atoms with van der Waals surface area (Å²) in [4.78, 5) is 13.9. The number of nitrogens with zero attached hydrogens (tertiary/aromatic N) is 2. The Morgan fingerprint density at radius 1 is 1.26 bits per heavy atom. The Kier molecular flexibility index (Phi) is 4.97. The van der Waals surface area contributed by atoms with Gasteiger partial charge in [-0.05, 0) is 40.9 Å². The fourth-order valence-corrected chi connectivity index (χ4v) is 2.97. The monoisotopic (exact) mass is 376 g/mol. The second-order valence-electron chi connectivity index (χ2n) is 5.19. The summed E-state index contributed by atoms with van der Waals surface area (Å²) in [5.74, 6) is 1.40. The van der Waals surface area contributed by atoms with Crippen molar-refractivity contribution >= 4 is 39.7 Å². The molecule has 1 aliphatic heterocycles. The predicted octanol–water partition coefficient (Wildman–Crippen LogP) is 3.80. The lowest BCUT2D eigenvalue weighted by atomic mass is 10.3. The molecule has 0 unspecified atom stereocenters. The number of nitrogens with one attached hydrogen (secondary N) is 2. The molecule has 6 nitrogen and oxygen atoms in total. The highest BCUT2D eigenvalue weighted by atomic mass is 79.9. The average Bonchev–Trinajstić information content (AvgIpc) is 3.18. The molecule has 0 radical (unpaired) electrons. The first-order valence-electron chi connectivity index (χ1n) is 7.42. The van der Waals surface area contributed by atoms with Gasteiger partial charge in [0.05, 0.1) is 10.7 Å². The molecule has 3 rings (SSSR count). The summed E-state index contributed by atoms with van der Waals surface area (Å²) in [5.41, 5.74) is 3.11. The molecule has 0 atom stereocenters. The molecule has 1 saturated heterocycles. The van der Waals surface area contributed by atoms with Crippen molar-refractivity contribution in [3.63, 3.8) is 0 Å². The van der Waals surface area contributed by atoms with E-state index in [2.05, 4.69) is 36.7 Å². The van der Waals surface area contributed by atoms with Gasteiger partial charge in [-0.1, -0.05) is 18.2 Å². The normalized spacial score (nSPS) is 14.4. The molecule has 2 heterocycles. The largest absolute Gasteiger partial charge is 0.438 e. The van der Waals surface area contributed by atoms with E-state index in [9.17, 15) is 4.79 Å². The smallest absolute Gasteiger partial charge is 0.339 e. The van der Waals surface area contributed by atoms with Gasteiger partial charge < -0.3 is 14.6 Å². The minimum Gasteiger partial charge on any atom is -0.438 e. The summed E-state index contributed by atoms with van der Waals surface area (Å²) in [6, 6.07) is 10.6. The minimum atomic E-state index is -0.405. The molecule has 0 bridgehead atoms. The molecule has 1 fully saturated rings. The second-order valence-corrected chi connectivity index (χ2v) is 6.04. The van der Waals surface area contributed by atoms with Crippen LogP contribution in [0.25, 0.3) is 0 Å². The number of para-hydroxylation sites is 1. The standard InChI is InChI=1S/C16H17BrN4O2/c17-14-10-13(23-15(14)21-8-4-5-9-21)11-18-20-16(22)19-12-6-2-1-3-7-12/h1-3,6-7,10-11H,4-5,8-9H2,(H2,19,20,22)/b18-11+. The number of rotatable bonds is 4. The third kappa shape index (κ3) is 4.13. The van der Waals surface area contributed by atoms with Crippen molar-refractivity contribution in [1.29, 1.82) is 0 Å². The van der Waals surface area contributed by atoms with Crippen molar-refractivity contribution in [2.45, 2.75) is 12.8 Å². The lowest BCUT2D eigenvalue weighted by Crippen LogP contribution is -2.24. The van der Waals surface area contributed by atoms with Crippen LogP contribution in [0.3, 0.4) is 0 Å². The lowest BCUT2D eigenvalue weighted by Gasteiger charge is -2.13. The van der Waals surface area contributed by atoms with Gasteiger partial charge in [-0.15, -0.1) is 0 Å². The summed E-state index contributed by atoms with van der Waals surface area (Å²) >= 11 is 3.50. The quantitative estimate of drug-likeness (QED) is 0.629. The van der Waals surface area contributed by atoms with Crippen LogP contribution in [0.2, 0.25) is 0 Å². The fraction of sp³-hybridized carbons (Fsp3) is 0.250. The van der Waals surface area contributed by atoms with Crippen LogP contribution in [0.15, 0.2) is 50.4 Å². The van der Waals surface area contributed by atoms with Crippen LogP contribution in [0.1, 0.15) is 18.6 Å². The summed E-state index contributed by atoms with van der Waals surface area (Å²) in [6.07, 6.45) is 3.84. The molecule has 120 valence electrons. The van der Waals surface area contributed by atoms with Gasteiger partial charge in [0, 0.05) is 24.8 Å². The zero-order valence-electron chi connectivity index (χ0n) is 12.5. The first-order valence-corrected chi connectivity index (χ1v) is 8.21. The molecule has 0 spiro atoms. The van der Waals surface area contributed by atoms with E-state index in [1.54, 1.807) is 12.1 Å². The van der Waals surface area contributed by atoms with E-state index < -0.39 is 6.03 Å². The average molecular weight is 377 g/mol. The van der Waals surface area contributed by atoms with E-state index in [0.717, 1.165) is 23.4 Å². The summed E-state index contributed by atoms with van der Waals surface area (Å²) < 4.78 is 6.65. The molecular formula is C16H17BrN4O2. The van der Waals surface area contributed by atoms with Crippen LogP contribution in [0, 0.1) is 0 Å². The number of carbonyl (C=O) groups excluding carboxylic acids is 1. The minimum absolute atomic E-state index is 0.405. The van der Waals surface area contributed by atoms with Crippen LogP contribution in [0.5, 0.6) is 0 Å². The Morgan fingerprint density at radius 3 is 2.74 bits per heavy atom. The van der Waals surface area contributed by atoms with E-state index in [1.165, 1.54) is 19.1 Å². The first kappa shape index (κ1) is 15.6. The van der Waals surface area contributed by atoms with E-state index in [0.29, 0.717) is 11.4 Å². The van der Waals surface area contributed by atoms with Crippen molar-refractivity contribution in [1.82, 2.24) is 5.43 Å².